The van der Waals surface area contributed by atoms with Crippen LogP contribution in [0.1, 0.15) is 0 Å². The maximum atomic E-state index is 4.21. The van der Waals surface area contributed by atoms with E-state index in [9.17, 15) is 0 Å². The minimum atomic E-state index is 0.632. The molecule has 11 heavy (non-hydrogen) atoms. The summed E-state index contributed by atoms with van der Waals surface area (Å²) in [6.45, 7) is 0.632. The quantitative estimate of drug-likeness (QED) is 0.560. The van der Waals surface area contributed by atoms with Crippen LogP contribution in [0.3, 0.4) is 0 Å². The van der Waals surface area contributed by atoms with Gasteiger partial charge in [-0.1, -0.05) is 25.6 Å². The molecule has 2 rings (SSSR count). The average Bonchev–Trinajstić information content (AvgIpc) is 2.34. The molecule has 2 aliphatic heterocycles. The highest BCUT2D eigenvalue weighted by Gasteiger charge is 2.21. The molecule has 0 bridgehead atoms. The second-order valence-electron chi connectivity index (χ2n) is 2.22. The van der Waals surface area contributed by atoms with Gasteiger partial charge in [-0.05, 0) is 0 Å². The number of azo groups is 1. The molecule has 0 fully saturated rings. The first-order chi connectivity index (χ1) is 5.27. The third-order valence-corrected chi connectivity index (χ3v) is 2.02. The zero-order valence-corrected chi connectivity index (χ0v) is 7.33. The topological polar surface area (TPSA) is 31.2 Å². The molecular weight excluding hydrogens is 180 g/mol. The first-order valence-corrected chi connectivity index (χ1v) is 3.82. The Morgan fingerprint density at radius 2 is 2.27 bits per heavy atom. The van der Waals surface area contributed by atoms with Gasteiger partial charge in [0.1, 0.15) is 12.4 Å². The molecule has 58 valence electrons. The van der Waals surface area contributed by atoms with E-state index in [2.05, 4.69) is 35.9 Å². The van der Waals surface area contributed by atoms with E-state index >= 15 is 0 Å². The highest BCUT2D eigenvalue weighted by atomic mass is 32.1. The molecule has 6 heteroatoms. The number of hydrogen-bond acceptors (Lipinski definition) is 6. The van der Waals surface area contributed by atoms with Gasteiger partial charge in [-0.2, -0.15) is 5.11 Å². The number of rotatable bonds is 0. The van der Waals surface area contributed by atoms with Crippen molar-refractivity contribution in [2.75, 3.05) is 6.67 Å². The highest BCUT2D eigenvalue weighted by molar-refractivity contribution is 7.78. The van der Waals surface area contributed by atoms with E-state index < -0.39 is 0 Å². The number of hydrogen-bond donors (Lipinski definition) is 2. The molecule has 0 aliphatic carbocycles. The molecule has 2 heterocycles. The van der Waals surface area contributed by atoms with Crippen LogP contribution in [0.2, 0.25) is 0 Å². The highest BCUT2D eigenvalue weighted by Crippen LogP contribution is 2.29. The molecular formula is C5H6N4S2. The minimum absolute atomic E-state index is 0.632. The lowest BCUT2D eigenvalue weighted by molar-refractivity contribution is 0.428. The maximum Gasteiger partial charge on any atom is 0.128 e. The summed E-state index contributed by atoms with van der Waals surface area (Å²) in [4.78, 5) is 0. The van der Waals surface area contributed by atoms with E-state index in [4.69, 9.17) is 0 Å². The van der Waals surface area contributed by atoms with Crippen LogP contribution in [0.5, 0.6) is 0 Å². The largest absolute Gasteiger partial charge is 0.304 e. The molecule has 0 aromatic heterocycles. The van der Waals surface area contributed by atoms with Crippen molar-refractivity contribution in [3.63, 3.8) is 0 Å². The van der Waals surface area contributed by atoms with Crippen LogP contribution in [-0.2, 0) is 0 Å². The molecule has 0 unspecified atom stereocenters. The fourth-order valence-electron chi connectivity index (χ4n) is 0.949. The summed E-state index contributed by atoms with van der Waals surface area (Å²) in [5, 5.41) is 7.63. The summed E-state index contributed by atoms with van der Waals surface area (Å²) in [7, 11) is 0. The third kappa shape index (κ3) is 1.12. The molecule has 0 saturated carbocycles. The Morgan fingerprint density at radius 1 is 1.45 bits per heavy atom. The van der Waals surface area contributed by atoms with Crippen molar-refractivity contribution in [1.82, 2.24) is 8.61 Å². The summed E-state index contributed by atoms with van der Waals surface area (Å²) in [6.07, 6.45) is 3.50. The Hall–Kier alpha value is -0.620. The zero-order chi connectivity index (χ0) is 7.84. The molecule has 0 aromatic rings. The molecule has 0 N–H and O–H groups in total. The smallest absolute Gasteiger partial charge is 0.128 e. The van der Waals surface area contributed by atoms with Crippen LogP contribution in [0, 0.1) is 0 Å². The number of nitrogens with zero attached hydrogens (tertiary/aromatic N) is 4. The maximum absolute atomic E-state index is 4.21. The summed E-state index contributed by atoms with van der Waals surface area (Å²) in [5.74, 6) is 0. The standard InChI is InChI=1S/C5H6N4S2/c10-8-2-4-5(1-6-7-4)9(11)3-8/h1-2,10-11H,3H2. The van der Waals surface area contributed by atoms with Gasteiger partial charge in [0, 0.05) is 6.20 Å². The second kappa shape index (κ2) is 2.46. The summed E-state index contributed by atoms with van der Waals surface area (Å²) < 4.78 is 3.44. The third-order valence-electron chi connectivity index (χ3n) is 1.44. The molecule has 0 spiro atoms. The molecule has 4 nitrogen and oxygen atoms in total. The lowest BCUT2D eigenvalue weighted by Gasteiger charge is -2.27. The van der Waals surface area contributed by atoms with Gasteiger partial charge in [-0.25, -0.2) is 0 Å². The Bertz CT molecular complexity index is 270. The first-order valence-electron chi connectivity index (χ1n) is 3.02. The second-order valence-corrected chi connectivity index (χ2v) is 3.22. The van der Waals surface area contributed by atoms with Crippen molar-refractivity contribution in [3.05, 3.63) is 23.8 Å². The van der Waals surface area contributed by atoms with E-state index in [1.807, 2.05) is 6.20 Å². The molecule has 2 aliphatic rings. The SMILES string of the molecule is SN1C=C2N=NC=C2N(S)C1. The Labute approximate surface area is 75.4 Å². The van der Waals surface area contributed by atoms with Crippen LogP contribution in [-0.4, -0.2) is 15.3 Å². The predicted octanol–water partition coefficient (Wildman–Crippen LogP) is 1.40. The van der Waals surface area contributed by atoms with Gasteiger partial charge in [0.2, 0.25) is 0 Å². The summed E-state index contributed by atoms with van der Waals surface area (Å²) in [5.41, 5.74) is 1.74. The summed E-state index contributed by atoms with van der Waals surface area (Å²) in [6, 6.07) is 0. The van der Waals surface area contributed by atoms with E-state index in [-0.39, 0.29) is 0 Å². The predicted molar refractivity (Wildman–Crippen MR) is 47.5 cm³/mol. The van der Waals surface area contributed by atoms with Crippen molar-refractivity contribution in [1.29, 1.82) is 0 Å². The normalized spacial score (nSPS) is 21.6. The zero-order valence-electron chi connectivity index (χ0n) is 5.55. The fraction of sp³-hybridized carbons (Fsp3) is 0.200. The van der Waals surface area contributed by atoms with Crippen LogP contribution < -0.4 is 0 Å². The van der Waals surface area contributed by atoms with Gasteiger partial charge >= 0.3 is 0 Å². The van der Waals surface area contributed by atoms with Crippen LogP contribution in [0.4, 0.5) is 0 Å². The van der Waals surface area contributed by atoms with E-state index in [1.54, 1.807) is 14.8 Å². The Morgan fingerprint density at radius 3 is 3.09 bits per heavy atom. The van der Waals surface area contributed by atoms with E-state index in [0.29, 0.717) is 6.67 Å². The number of fused-ring (bicyclic) bond motifs is 1. The van der Waals surface area contributed by atoms with Crippen molar-refractivity contribution in [2.24, 2.45) is 10.2 Å². The molecule has 0 amide bonds. The molecule has 0 radical (unpaired) electrons. The van der Waals surface area contributed by atoms with Crippen molar-refractivity contribution in [2.45, 2.75) is 0 Å². The van der Waals surface area contributed by atoms with Gasteiger partial charge in [-0.15, -0.1) is 5.11 Å². The van der Waals surface area contributed by atoms with E-state index in [0.717, 1.165) is 11.4 Å². The fourth-order valence-corrected chi connectivity index (χ4v) is 1.58. The lowest BCUT2D eigenvalue weighted by atomic mass is 10.3. The van der Waals surface area contributed by atoms with Gasteiger partial charge < -0.3 is 4.31 Å². The Balaban J connectivity index is 2.37. The van der Waals surface area contributed by atoms with Gasteiger partial charge in [0.25, 0.3) is 0 Å². The lowest BCUT2D eigenvalue weighted by Crippen LogP contribution is -2.27. The van der Waals surface area contributed by atoms with Crippen molar-refractivity contribution < 1.29 is 0 Å². The van der Waals surface area contributed by atoms with Crippen molar-refractivity contribution >= 4 is 25.6 Å². The molecule has 0 aromatic carbocycles. The first kappa shape index (κ1) is 7.05. The number of thiol groups is 2. The summed E-state index contributed by atoms with van der Waals surface area (Å²) >= 11 is 8.35. The van der Waals surface area contributed by atoms with Gasteiger partial charge in [0.15, 0.2) is 0 Å². The average molecular weight is 186 g/mol. The monoisotopic (exact) mass is 186 g/mol. The Kier molecular flexibility index (Phi) is 1.57. The minimum Gasteiger partial charge on any atom is -0.304 e. The van der Waals surface area contributed by atoms with Crippen LogP contribution in [0.25, 0.3) is 0 Å². The molecule has 0 saturated heterocycles. The molecule has 0 atom stereocenters. The van der Waals surface area contributed by atoms with E-state index in [1.165, 1.54) is 0 Å². The van der Waals surface area contributed by atoms with Crippen molar-refractivity contribution in [3.8, 4) is 0 Å². The van der Waals surface area contributed by atoms with Gasteiger partial charge in [-0.3, -0.25) is 4.31 Å². The van der Waals surface area contributed by atoms with Crippen LogP contribution >= 0.6 is 25.6 Å². The van der Waals surface area contributed by atoms with Gasteiger partial charge in [0.05, 0.1) is 11.9 Å². The van der Waals surface area contributed by atoms with Crippen LogP contribution in [0.15, 0.2) is 34.0 Å².